The van der Waals surface area contributed by atoms with Crippen molar-refractivity contribution in [3.05, 3.63) is 52.1 Å². The van der Waals surface area contributed by atoms with Gasteiger partial charge in [0.15, 0.2) is 11.2 Å². The standard InChI is InChI=1S/C22H28N6O2/c1-22(2,3)12-17(29)27-11-7-10-16(14-27)19-23-20-18(21(30)24-19)25-26-28(20)13-15-8-5-4-6-9-15/h4-6,8-9,16H,7,10-14H2,1-3H3,(H,23,24,30)/t16-/m1/s1. The minimum atomic E-state index is -0.285. The number of piperidine rings is 1. The zero-order valence-electron chi connectivity index (χ0n) is 17.8. The maximum atomic E-state index is 12.7. The highest BCUT2D eigenvalue weighted by atomic mass is 16.2. The quantitative estimate of drug-likeness (QED) is 0.716. The fourth-order valence-corrected chi connectivity index (χ4v) is 3.93. The van der Waals surface area contributed by atoms with E-state index in [1.165, 1.54) is 0 Å². The summed E-state index contributed by atoms with van der Waals surface area (Å²) in [5.41, 5.74) is 1.45. The molecule has 158 valence electrons. The molecule has 2 aromatic heterocycles. The van der Waals surface area contributed by atoms with Crippen LogP contribution in [0.15, 0.2) is 35.1 Å². The third kappa shape index (κ3) is 4.42. The van der Waals surface area contributed by atoms with E-state index in [1.54, 1.807) is 4.68 Å². The summed E-state index contributed by atoms with van der Waals surface area (Å²) in [6.07, 6.45) is 2.29. The third-order valence-corrected chi connectivity index (χ3v) is 5.41. The van der Waals surface area contributed by atoms with Gasteiger partial charge in [-0.25, -0.2) is 9.67 Å². The van der Waals surface area contributed by atoms with Crippen molar-refractivity contribution in [2.45, 2.75) is 52.5 Å². The predicted octanol–water partition coefficient (Wildman–Crippen LogP) is 2.71. The van der Waals surface area contributed by atoms with Crippen LogP contribution in [0.3, 0.4) is 0 Å². The van der Waals surface area contributed by atoms with Crippen molar-refractivity contribution in [3.63, 3.8) is 0 Å². The number of nitrogens with one attached hydrogen (secondary N) is 1. The van der Waals surface area contributed by atoms with Crippen LogP contribution in [0.5, 0.6) is 0 Å². The Morgan fingerprint density at radius 1 is 1.23 bits per heavy atom. The average molecular weight is 409 g/mol. The number of amides is 1. The summed E-state index contributed by atoms with van der Waals surface area (Å²) >= 11 is 0. The van der Waals surface area contributed by atoms with E-state index >= 15 is 0 Å². The second kappa shape index (κ2) is 8.01. The van der Waals surface area contributed by atoms with Gasteiger partial charge in [-0.3, -0.25) is 9.59 Å². The van der Waals surface area contributed by atoms with Crippen molar-refractivity contribution in [1.29, 1.82) is 0 Å². The molecule has 8 nitrogen and oxygen atoms in total. The number of benzene rings is 1. The Morgan fingerprint density at radius 2 is 2.00 bits per heavy atom. The molecule has 1 aliphatic rings. The highest BCUT2D eigenvalue weighted by Crippen LogP contribution is 2.27. The lowest BCUT2D eigenvalue weighted by molar-refractivity contribution is -0.134. The number of carbonyl (C=O) groups is 1. The molecule has 1 aliphatic heterocycles. The van der Waals surface area contributed by atoms with Crippen LogP contribution >= 0.6 is 0 Å². The smallest absolute Gasteiger partial charge is 0.281 e. The Bertz CT molecular complexity index is 1100. The monoisotopic (exact) mass is 408 g/mol. The number of carbonyl (C=O) groups excluding carboxylic acids is 1. The summed E-state index contributed by atoms with van der Waals surface area (Å²) in [4.78, 5) is 34.8. The normalized spacial score (nSPS) is 17.4. The third-order valence-electron chi connectivity index (χ3n) is 5.41. The molecule has 3 aromatic rings. The van der Waals surface area contributed by atoms with Crippen LogP contribution in [-0.4, -0.2) is 48.9 Å². The van der Waals surface area contributed by atoms with Gasteiger partial charge in [-0.05, 0) is 23.8 Å². The number of hydrogen-bond acceptors (Lipinski definition) is 5. The van der Waals surface area contributed by atoms with Crippen LogP contribution in [0, 0.1) is 5.41 Å². The van der Waals surface area contributed by atoms with Crippen molar-refractivity contribution in [2.75, 3.05) is 13.1 Å². The van der Waals surface area contributed by atoms with Crippen LogP contribution < -0.4 is 5.56 Å². The van der Waals surface area contributed by atoms with E-state index in [1.807, 2.05) is 35.2 Å². The summed E-state index contributed by atoms with van der Waals surface area (Å²) in [6, 6.07) is 9.89. The van der Waals surface area contributed by atoms with E-state index in [0.717, 1.165) is 24.9 Å². The van der Waals surface area contributed by atoms with E-state index in [4.69, 9.17) is 4.98 Å². The Balaban J connectivity index is 1.60. The number of aromatic amines is 1. The van der Waals surface area contributed by atoms with E-state index < -0.39 is 0 Å². The number of H-pyrrole nitrogens is 1. The lowest BCUT2D eigenvalue weighted by Crippen LogP contribution is -2.41. The molecule has 1 aromatic carbocycles. The SMILES string of the molecule is CC(C)(C)CC(=O)N1CCC[C@@H](c2nc3c(nnn3Cc3ccccc3)c(=O)[nH]2)C1. The summed E-state index contributed by atoms with van der Waals surface area (Å²) in [5, 5.41) is 8.17. The molecule has 0 spiro atoms. The Kier molecular flexibility index (Phi) is 5.40. The lowest BCUT2D eigenvalue weighted by Gasteiger charge is -2.34. The number of hydrogen-bond donors (Lipinski definition) is 1. The van der Waals surface area contributed by atoms with Gasteiger partial charge in [0.2, 0.25) is 5.91 Å². The minimum absolute atomic E-state index is 0.000145. The van der Waals surface area contributed by atoms with Crippen LogP contribution in [0.4, 0.5) is 0 Å². The van der Waals surface area contributed by atoms with Gasteiger partial charge in [-0.1, -0.05) is 56.3 Å². The first-order valence-electron chi connectivity index (χ1n) is 10.5. The van der Waals surface area contributed by atoms with E-state index in [-0.39, 0.29) is 28.3 Å². The molecule has 0 aliphatic carbocycles. The van der Waals surface area contributed by atoms with Crippen molar-refractivity contribution >= 4 is 17.1 Å². The van der Waals surface area contributed by atoms with Crippen LogP contribution in [0.1, 0.15) is 57.3 Å². The summed E-state index contributed by atoms with van der Waals surface area (Å²) in [7, 11) is 0. The van der Waals surface area contributed by atoms with Crippen molar-refractivity contribution in [2.24, 2.45) is 5.41 Å². The maximum absolute atomic E-state index is 12.7. The number of aromatic nitrogens is 5. The molecule has 1 amide bonds. The zero-order valence-corrected chi connectivity index (χ0v) is 17.8. The van der Waals surface area contributed by atoms with Gasteiger partial charge in [0, 0.05) is 25.4 Å². The number of likely N-dealkylation sites (tertiary alicyclic amines) is 1. The predicted molar refractivity (Wildman–Crippen MR) is 114 cm³/mol. The molecule has 3 heterocycles. The molecule has 0 saturated carbocycles. The summed E-state index contributed by atoms with van der Waals surface area (Å²) < 4.78 is 1.66. The molecular weight excluding hydrogens is 380 g/mol. The van der Waals surface area contributed by atoms with Gasteiger partial charge < -0.3 is 9.88 Å². The van der Waals surface area contributed by atoms with Crippen molar-refractivity contribution < 1.29 is 4.79 Å². The number of fused-ring (bicyclic) bond motifs is 1. The first-order valence-corrected chi connectivity index (χ1v) is 10.5. The van der Waals surface area contributed by atoms with Gasteiger partial charge >= 0.3 is 0 Å². The number of rotatable bonds is 4. The second-order valence-corrected chi connectivity index (χ2v) is 9.27. The second-order valence-electron chi connectivity index (χ2n) is 9.27. The molecule has 0 radical (unpaired) electrons. The molecule has 1 saturated heterocycles. The highest BCUT2D eigenvalue weighted by molar-refractivity contribution is 5.77. The van der Waals surface area contributed by atoms with Crippen LogP contribution in [0.2, 0.25) is 0 Å². The van der Waals surface area contributed by atoms with Gasteiger partial charge in [-0.15, -0.1) is 5.10 Å². The maximum Gasteiger partial charge on any atom is 0.281 e. The Hall–Kier alpha value is -3.03. The molecule has 1 atom stereocenters. The average Bonchev–Trinajstić information content (AvgIpc) is 3.11. The fraction of sp³-hybridized carbons (Fsp3) is 0.500. The van der Waals surface area contributed by atoms with E-state index in [9.17, 15) is 9.59 Å². The topological polar surface area (TPSA) is 96.8 Å². The van der Waals surface area contributed by atoms with Gasteiger partial charge in [0.25, 0.3) is 5.56 Å². The minimum Gasteiger partial charge on any atom is -0.342 e. The largest absolute Gasteiger partial charge is 0.342 e. The number of nitrogens with zero attached hydrogens (tertiary/aromatic N) is 5. The van der Waals surface area contributed by atoms with Gasteiger partial charge in [-0.2, -0.15) is 0 Å². The lowest BCUT2D eigenvalue weighted by atomic mass is 9.90. The van der Waals surface area contributed by atoms with Crippen molar-refractivity contribution in [1.82, 2.24) is 29.9 Å². The molecule has 8 heteroatoms. The highest BCUT2D eigenvalue weighted by Gasteiger charge is 2.29. The summed E-state index contributed by atoms with van der Waals surface area (Å²) in [6.45, 7) is 8.03. The van der Waals surface area contributed by atoms with E-state index in [2.05, 4.69) is 36.1 Å². The molecular formula is C22H28N6O2. The Labute approximate surface area is 175 Å². The first kappa shape index (κ1) is 20.3. The Morgan fingerprint density at radius 3 is 2.73 bits per heavy atom. The van der Waals surface area contributed by atoms with Crippen LogP contribution in [-0.2, 0) is 11.3 Å². The summed E-state index contributed by atoms with van der Waals surface area (Å²) in [5.74, 6) is 0.767. The van der Waals surface area contributed by atoms with Crippen molar-refractivity contribution in [3.8, 4) is 0 Å². The molecule has 0 unspecified atom stereocenters. The van der Waals surface area contributed by atoms with Gasteiger partial charge in [0.1, 0.15) is 5.82 Å². The van der Waals surface area contributed by atoms with Gasteiger partial charge in [0.05, 0.1) is 6.54 Å². The fourth-order valence-electron chi connectivity index (χ4n) is 3.93. The molecule has 0 bridgehead atoms. The first-order chi connectivity index (χ1) is 14.3. The molecule has 4 rings (SSSR count). The van der Waals surface area contributed by atoms with Crippen LogP contribution in [0.25, 0.3) is 11.2 Å². The molecule has 30 heavy (non-hydrogen) atoms. The van der Waals surface area contributed by atoms with E-state index in [0.29, 0.717) is 31.0 Å². The zero-order chi connectivity index (χ0) is 21.3. The molecule has 1 N–H and O–H groups in total. The molecule has 1 fully saturated rings.